The minimum absolute atomic E-state index is 0.0234. The van der Waals surface area contributed by atoms with E-state index >= 15 is 0 Å². The maximum Gasteiger partial charge on any atom is 0.251 e. The first-order valence-electron chi connectivity index (χ1n) is 8.01. The van der Waals surface area contributed by atoms with E-state index in [2.05, 4.69) is 10.6 Å². The van der Waals surface area contributed by atoms with E-state index in [1.54, 1.807) is 0 Å². The van der Waals surface area contributed by atoms with Crippen molar-refractivity contribution in [1.82, 2.24) is 10.6 Å². The molecule has 1 aliphatic rings. The number of nitrogens with one attached hydrogen (secondary N) is 2. The topological polar surface area (TPSA) is 58.2 Å². The average molecular weight is 326 g/mol. The maximum atomic E-state index is 13.1. The van der Waals surface area contributed by atoms with Crippen molar-refractivity contribution in [3.05, 3.63) is 71.5 Å². The third kappa shape index (κ3) is 4.19. The van der Waals surface area contributed by atoms with Crippen molar-refractivity contribution in [1.29, 1.82) is 0 Å². The molecule has 2 aromatic carbocycles. The van der Waals surface area contributed by atoms with E-state index in [1.165, 1.54) is 18.2 Å². The molecule has 2 amide bonds. The van der Waals surface area contributed by atoms with Gasteiger partial charge in [0, 0.05) is 5.56 Å². The Hall–Kier alpha value is -2.69. The summed E-state index contributed by atoms with van der Waals surface area (Å²) < 4.78 is 13.1. The number of halogens is 1. The zero-order valence-corrected chi connectivity index (χ0v) is 13.2. The molecule has 124 valence electrons. The van der Waals surface area contributed by atoms with Crippen molar-refractivity contribution in [3.63, 3.8) is 0 Å². The number of hydrogen-bond donors (Lipinski definition) is 2. The summed E-state index contributed by atoms with van der Waals surface area (Å²) in [7, 11) is 0. The molecule has 5 heteroatoms. The van der Waals surface area contributed by atoms with Crippen molar-refractivity contribution in [2.24, 2.45) is 5.92 Å². The Labute approximate surface area is 140 Å². The van der Waals surface area contributed by atoms with Crippen molar-refractivity contribution in [2.75, 3.05) is 6.54 Å². The molecular weight excluding hydrogens is 307 g/mol. The lowest BCUT2D eigenvalue weighted by Gasteiger charge is -2.19. The number of carbonyl (C=O) groups excluding carboxylic acids is 2. The number of hydrogen-bond acceptors (Lipinski definition) is 2. The van der Waals surface area contributed by atoms with Crippen LogP contribution in [-0.4, -0.2) is 18.4 Å². The molecule has 0 spiro atoms. The van der Waals surface area contributed by atoms with E-state index in [1.807, 2.05) is 30.3 Å². The standard InChI is InChI=1S/C19H19FN2O2/c20-16-8-4-7-15(11-16)19(24)21-12-17(23)22-18(14-9-10-14)13-5-2-1-3-6-13/h1-8,11,14,18H,9-10,12H2,(H,21,24)(H,22,23). The summed E-state index contributed by atoms with van der Waals surface area (Å²) in [6, 6.07) is 15.2. The molecule has 1 fully saturated rings. The van der Waals surface area contributed by atoms with Gasteiger partial charge in [-0.1, -0.05) is 36.4 Å². The minimum atomic E-state index is -0.482. The Balaban J connectivity index is 1.56. The lowest BCUT2D eigenvalue weighted by molar-refractivity contribution is -0.121. The zero-order valence-electron chi connectivity index (χ0n) is 13.2. The molecule has 1 unspecified atom stereocenters. The van der Waals surface area contributed by atoms with E-state index in [-0.39, 0.29) is 24.1 Å². The van der Waals surface area contributed by atoms with Crippen LogP contribution in [0.2, 0.25) is 0 Å². The molecule has 2 N–H and O–H groups in total. The molecule has 3 rings (SSSR count). The smallest absolute Gasteiger partial charge is 0.251 e. The van der Waals surface area contributed by atoms with Gasteiger partial charge in [0.25, 0.3) is 5.91 Å². The number of amides is 2. The highest BCUT2D eigenvalue weighted by Gasteiger charge is 2.33. The third-order valence-corrected chi connectivity index (χ3v) is 4.06. The van der Waals surface area contributed by atoms with E-state index in [4.69, 9.17) is 0 Å². The molecule has 1 saturated carbocycles. The third-order valence-electron chi connectivity index (χ3n) is 4.06. The first-order valence-corrected chi connectivity index (χ1v) is 8.01. The first kappa shape index (κ1) is 16.2. The van der Waals surface area contributed by atoms with Gasteiger partial charge in [-0.2, -0.15) is 0 Å². The Bertz CT molecular complexity index is 729. The highest BCUT2D eigenvalue weighted by atomic mass is 19.1. The Kier molecular flexibility index (Phi) is 4.89. The van der Waals surface area contributed by atoms with Gasteiger partial charge < -0.3 is 10.6 Å². The molecule has 0 bridgehead atoms. The van der Waals surface area contributed by atoms with E-state index < -0.39 is 11.7 Å². The number of rotatable bonds is 6. The molecule has 0 aromatic heterocycles. The molecule has 2 aromatic rings. The van der Waals surface area contributed by atoms with Crippen LogP contribution in [0.1, 0.15) is 34.8 Å². The van der Waals surface area contributed by atoms with E-state index in [0.29, 0.717) is 5.92 Å². The largest absolute Gasteiger partial charge is 0.347 e. The summed E-state index contributed by atoms with van der Waals surface area (Å²) in [4.78, 5) is 24.1. The second-order valence-corrected chi connectivity index (χ2v) is 5.99. The van der Waals surface area contributed by atoms with Gasteiger partial charge in [-0.25, -0.2) is 4.39 Å². The van der Waals surface area contributed by atoms with Gasteiger partial charge >= 0.3 is 0 Å². The summed E-state index contributed by atoms with van der Waals surface area (Å²) in [6.07, 6.45) is 2.19. The summed E-state index contributed by atoms with van der Waals surface area (Å²) >= 11 is 0. The van der Waals surface area contributed by atoms with Crippen LogP contribution in [0.3, 0.4) is 0 Å². The fourth-order valence-electron chi connectivity index (χ4n) is 2.68. The van der Waals surface area contributed by atoms with Crippen LogP contribution in [0.4, 0.5) is 4.39 Å². The van der Waals surface area contributed by atoms with Crippen LogP contribution in [-0.2, 0) is 4.79 Å². The molecule has 0 radical (unpaired) electrons. The summed E-state index contributed by atoms with van der Waals surface area (Å²) in [5, 5.41) is 5.51. The van der Waals surface area contributed by atoms with Crippen LogP contribution in [0.5, 0.6) is 0 Å². The summed E-state index contributed by atoms with van der Waals surface area (Å²) in [5.41, 5.74) is 1.27. The van der Waals surface area contributed by atoms with Gasteiger partial charge in [-0.15, -0.1) is 0 Å². The molecule has 1 atom stereocenters. The van der Waals surface area contributed by atoms with Crippen LogP contribution in [0.25, 0.3) is 0 Å². The van der Waals surface area contributed by atoms with Crippen molar-refractivity contribution in [2.45, 2.75) is 18.9 Å². The van der Waals surface area contributed by atoms with Crippen LogP contribution in [0, 0.1) is 11.7 Å². The molecular formula is C19H19FN2O2. The molecule has 4 nitrogen and oxygen atoms in total. The van der Waals surface area contributed by atoms with Gasteiger partial charge in [-0.05, 0) is 42.5 Å². The van der Waals surface area contributed by atoms with Gasteiger partial charge in [0.05, 0.1) is 12.6 Å². The highest BCUT2D eigenvalue weighted by Crippen LogP contribution is 2.40. The summed E-state index contributed by atoms with van der Waals surface area (Å²) in [5.74, 6) is -0.743. The second kappa shape index (κ2) is 7.25. The van der Waals surface area contributed by atoms with Gasteiger partial charge in [0.15, 0.2) is 0 Å². The monoisotopic (exact) mass is 326 g/mol. The van der Waals surface area contributed by atoms with E-state index in [9.17, 15) is 14.0 Å². The predicted octanol–water partition coefficient (Wildman–Crippen LogP) is 2.82. The SMILES string of the molecule is O=C(CNC(=O)c1cccc(F)c1)NC(c1ccccc1)C1CC1. The first-order chi connectivity index (χ1) is 11.6. The van der Waals surface area contributed by atoms with Crippen molar-refractivity contribution in [3.8, 4) is 0 Å². The van der Waals surface area contributed by atoms with Gasteiger partial charge in [-0.3, -0.25) is 9.59 Å². The van der Waals surface area contributed by atoms with Crippen molar-refractivity contribution < 1.29 is 14.0 Å². The Morgan fingerprint density at radius 3 is 2.50 bits per heavy atom. The molecule has 0 saturated heterocycles. The molecule has 1 aliphatic carbocycles. The predicted molar refractivity (Wildman–Crippen MR) is 88.8 cm³/mol. The number of carbonyl (C=O) groups is 2. The normalized spacial score (nSPS) is 14.7. The number of benzene rings is 2. The molecule has 0 aliphatic heterocycles. The average Bonchev–Trinajstić information content (AvgIpc) is 3.43. The molecule has 0 heterocycles. The van der Waals surface area contributed by atoms with Gasteiger partial charge in [0.2, 0.25) is 5.91 Å². The van der Waals surface area contributed by atoms with Crippen molar-refractivity contribution >= 4 is 11.8 Å². The van der Waals surface area contributed by atoms with Crippen LogP contribution in [0.15, 0.2) is 54.6 Å². The fourth-order valence-corrected chi connectivity index (χ4v) is 2.68. The fraction of sp³-hybridized carbons (Fsp3) is 0.263. The van der Waals surface area contributed by atoms with Gasteiger partial charge in [0.1, 0.15) is 5.82 Å². The van der Waals surface area contributed by atoms with Crippen LogP contribution < -0.4 is 10.6 Å². The zero-order chi connectivity index (χ0) is 16.9. The summed E-state index contributed by atoms with van der Waals surface area (Å²) in [6.45, 7) is -0.134. The highest BCUT2D eigenvalue weighted by molar-refractivity contribution is 5.96. The van der Waals surface area contributed by atoms with Crippen LogP contribution >= 0.6 is 0 Å². The Morgan fingerprint density at radius 1 is 1.08 bits per heavy atom. The second-order valence-electron chi connectivity index (χ2n) is 5.99. The maximum absolute atomic E-state index is 13.1. The minimum Gasteiger partial charge on any atom is -0.347 e. The molecule has 24 heavy (non-hydrogen) atoms. The quantitative estimate of drug-likeness (QED) is 0.857. The lowest BCUT2D eigenvalue weighted by atomic mass is 10.0. The lowest BCUT2D eigenvalue weighted by Crippen LogP contribution is -2.39. The Morgan fingerprint density at radius 2 is 1.83 bits per heavy atom. The van der Waals surface area contributed by atoms with E-state index in [0.717, 1.165) is 24.5 Å².